The standard InChI is InChI=1S/C13H21N3O/c14-8-12-11-6-7-17-9-13(11)16(15-12)10-4-2-1-3-5-10/h10H,1-9,14H2. The van der Waals surface area contributed by atoms with Crippen LogP contribution in [0.1, 0.15) is 55.1 Å². The molecule has 0 atom stereocenters. The Hall–Kier alpha value is -0.870. The normalized spacial score (nSPS) is 21.5. The maximum absolute atomic E-state index is 5.80. The zero-order valence-electron chi connectivity index (χ0n) is 10.3. The SMILES string of the molecule is NCc1nn(C2CCCCC2)c2c1CCOC2. The number of fused-ring (bicyclic) bond motifs is 1. The monoisotopic (exact) mass is 235 g/mol. The van der Waals surface area contributed by atoms with Crippen LogP contribution in [0.15, 0.2) is 0 Å². The first-order valence-electron chi connectivity index (χ1n) is 6.77. The van der Waals surface area contributed by atoms with Crippen LogP contribution in [-0.2, 0) is 24.3 Å². The van der Waals surface area contributed by atoms with Crippen molar-refractivity contribution in [3.63, 3.8) is 0 Å². The van der Waals surface area contributed by atoms with E-state index in [2.05, 4.69) is 4.68 Å². The topological polar surface area (TPSA) is 53.1 Å². The van der Waals surface area contributed by atoms with Gasteiger partial charge in [-0.15, -0.1) is 0 Å². The summed E-state index contributed by atoms with van der Waals surface area (Å²) in [5.41, 5.74) is 9.55. The van der Waals surface area contributed by atoms with Gasteiger partial charge in [0, 0.05) is 12.1 Å². The Morgan fingerprint density at radius 3 is 2.88 bits per heavy atom. The Bertz CT molecular complexity index is 394. The van der Waals surface area contributed by atoms with Crippen molar-refractivity contribution in [2.24, 2.45) is 5.73 Å². The van der Waals surface area contributed by atoms with Gasteiger partial charge in [0.15, 0.2) is 0 Å². The second-order valence-electron chi connectivity index (χ2n) is 5.12. The Kier molecular flexibility index (Phi) is 3.16. The van der Waals surface area contributed by atoms with Crippen LogP contribution in [-0.4, -0.2) is 16.4 Å². The highest BCUT2D eigenvalue weighted by molar-refractivity contribution is 5.28. The molecular weight excluding hydrogens is 214 g/mol. The molecule has 1 aliphatic heterocycles. The molecule has 1 saturated carbocycles. The molecule has 0 radical (unpaired) electrons. The van der Waals surface area contributed by atoms with E-state index in [-0.39, 0.29) is 0 Å². The molecule has 1 fully saturated rings. The molecule has 1 aromatic heterocycles. The lowest BCUT2D eigenvalue weighted by Crippen LogP contribution is -2.19. The van der Waals surface area contributed by atoms with E-state index in [0.717, 1.165) is 25.3 Å². The van der Waals surface area contributed by atoms with Crippen molar-refractivity contribution in [2.75, 3.05) is 6.61 Å². The first-order chi connectivity index (χ1) is 8.40. The number of aromatic nitrogens is 2. The van der Waals surface area contributed by atoms with Gasteiger partial charge in [-0.25, -0.2) is 0 Å². The Morgan fingerprint density at radius 2 is 2.12 bits per heavy atom. The van der Waals surface area contributed by atoms with E-state index in [1.807, 2.05) is 0 Å². The smallest absolute Gasteiger partial charge is 0.0887 e. The minimum Gasteiger partial charge on any atom is -0.375 e. The Balaban J connectivity index is 1.95. The van der Waals surface area contributed by atoms with Crippen LogP contribution in [0.5, 0.6) is 0 Å². The maximum atomic E-state index is 5.80. The van der Waals surface area contributed by atoms with Crippen LogP contribution in [0, 0.1) is 0 Å². The molecule has 2 aliphatic rings. The summed E-state index contributed by atoms with van der Waals surface area (Å²) < 4.78 is 7.82. The molecule has 1 aromatic rings. The number of nitrogens with zero attached hydrogens (tertiary/aromatic N) is 2. The first-order valence-corrected chi connectivity index (χ1v) is 6.77. The summed E-state index contributed by atoms with van der Waals surface area (Å²) in [5.74, 6) is 0. The van der Waals surface area contributed by atoms with Gasteiger partial charge in [0.25, 0.3) is 0 Å². The molecule has 4 heteroatoms. The van der Waals surface area contributed by atoms with Crippen LogP contribution < -0.4 is 5.73 Å². The van der Waals surface area contributed by atoms with Crippen molar-refractivity contribution >= 4 is 0 Å². The van der Waals surface area contributed by atoms with Gasteiger partial charge in [0.05, 0.1) is 30.6 Å². The second kappa shape index (κ2) is 4.78. The van der Waals surface area contributed by atoms with E-state index in [0.29, 0.717) is 12.6 Å². The molecule has 0 unspecified atom stereocenters. The van der Waals surface area contributed by atoms with Crippen LogP contribution in [0.2, 0.25) is 0 Å². The van der Waals surface area contributed by atoms with Gasteiger partial charge in [-0.2, -0.15) is 5.10 Å². The van der Waals surface area contributed by atoms with Gasteiger partial charge in [-0.05, 0) is 19.3 Å². The third kappa shape index (κ3) is 2.00. The van der Waals surface area contributed by atoms with E-state index in [1.165, 1.54) is 43.4 Å². The molecule has 17 heavy (non-hydrogen) atoms. The molecule has 0 saturated heterocycles. The van der Waals surface area contributed by atoms with Crippen LogP contribution in [0.25, 0.3) is 0 Å². The summed E-state index contributed by atoms with van der Waals surface area (Å²) >= 11 is 0. The largest absolute Gasteiger partial charge is 0.375 e. The summed E-state index contributed by atoms with van der Waals surface area (Å²) in [5, 5.41) is 4.75. The van der Waals surface area contributed by atoms with Crippen molar-refractivity contribution in [3.05, 3.63) is 17.0 Å². The number of hydrogen-bond acceptors (Lipinski definition) is 3. The molecule has 0 bridgehead atoms. The molecular formula is C13H21N3O. The lowest BCUT2D eigenvalue weighted by Gasteiger charge is -2.25. The number of rotatable bonds is 2. The highest BCUT2D eigenvalue weighted by Gasteiger charge is 2.25. The molecule has 94 valence electrons. The fraction of sp³-hybridized carbons (Fsp3) is 0.769. The number of nitrogens with two attached hydrogens (primary N) is 1. The lowest BCUT2D eigenvalue weighted by molar-refractivity contribution is 0.101. The summed E-state index contributed by atoms with van der Waals surface area (Å²) in [7, 11) is 0. The summed E-state index contributed by atoms with van der Waals surface area (Å²) in [6.45, 7) is 2.09. The number of hydrogen-bond donors (Lipinski definition) is 1. The molecule has 2 heterocycles. The number of ether oxygens (including phenoxy) is 1. The second-order valence-corrected chi connectivity index (χ2v) is 5.12. The van der Waals surface area contributed by atoms with Crippen LogP contribution in [0.4, 0.5) is 0 Å². The molecule has 1 aliphatic carbocycles. The van der Waals surface area contributed by atoms with Crippen LogP contribution >= 0.6 is 0 Å². The van der Waals surface area contributed by atoms with Crippen molar-refractivity contribution < 1.29 is 4.74 Å². The predicted molar refractivity (Wildman–Crippen MR) is 65.6 cm³/mol. The van der Waals surface area contributed by atoms with Crippen LogP contribution in [0.3, 0.4) is 0 Å². The van der Waals surface area contributed by atoms with Gasteiger partial charge in [0.2, 0.25) is 0 Å². The Morgan fingerprint density at radius 1 is 1.29 bits per heavy atom. The quantitative estimate of drug-likeness (QED) is 0.852. The minimum atomic E-state index is 0.558. The minimum absolute atomic E-state index is 0.558. The zero-order chi connectivity index (χ0) is 11.7. The third-order valence-corrected chi connectivity index (χ3v) is 4.05. The van der Waals surface area contributed by atoms with Gasteiger partial charge in [-0.3, -0.25) is 4.68 Å². The molecule has 0 aromatic carbocycles. The van der Waals surface area contributed by atoms with Gasteiger partial charge in [0.1, 0.15) is 0 Å². The first kappa shape index (κ1) is 11.2. The van der Waals surface area contributed by atoms with Crippen molar-refractivity contribution in [2.45, 2.75) is 57.7 Å². The predicted octanol–water partition coefficient (Wildman–Crippen LogP) is 1.92. The molecule has 4 nitrogen and oxygen atoms in total. The highest BCUT2D eigenvalue weighted by atomic mass is 16.5. The van der Waals surface area contributed by atoms with E-state index in [1.54, 1.807) is 0 Å². The van der Waals surface area contributed by atoms with E-state index in [4.69, 9.17) is 15.6 Å². The zero-order valence-corrected chi connectivity index (χ0v) is 10.3. The molecule has 2 N–H and O–H groups in total. The average molecular weight is 235 g/mol. The summed E-state index contributed by atoms with van der Waals surface area (Å²) in [4.78, 5) is 0. The van der Waals surface area contributed by atoms with E-state index >= 15 is 0 Å². The maximum Gasteiger partial charge on any atom is 0.0887 e. The van der Waals surface area contributed by atoms with Gasteiger partial charge in [-0.1, -0.05) is 19.3 Å². The van der Waals surface area contributed by atoms with Gasteiger partial charge < -0.3 is 10.5 Å². The Labute approximate surface area is 102 Å². The fourth-order valence-electron chi connectivity index (χ4n) is 3.13. The van der Waals surface area contributed by atoms with E-state index in [9.17, 15) is 0 Å². The summed E-state index contributed by atoms with van der Waals surface area (Å²) in [6.07, 6.45) is 7.54. The third-order valence-electron chi connectivity index (χ3n) is 4.05. The average Bonchev–Trinajstić information content (AvgIpc) is 2.78. The molecule has 0 amide bonds. The van der Waals surface area contributed by atoms with Crippen molar-refractivity contribution in [1.29, 1.82) is 0 Å². The lowest BCUT2D eigenvalue weighted by atomic mass is 9.95. The van der Waals surface area contributed by atoms with Gasteiger partial charge >= 0.3 is 0 Å². The fourth-order valence-corrected chi connectivity index (χ4v) is 3.13. The summed E-state index contributed by atoms with van der Waals surface area (Å²) in [6, 6.07) is 0.583. The van der Waals surface area contributed by atoms with Crippen molar-refractivity contribution in [1.82, 2.24) is 9.78 Å². The van der Waals surface area contributed by atoms with E-state index < -0.39 is 0 Å². The molecule has 0 spiro atoms. The van der Waals surface area contributed by atoms with Crippen molar-refractivity contribution in [3.8, 4) is 0 Å². The molecule has 3 rings (SSSR count). The highest BCUT2D eigenvalue weighted by Crippen LogP contribution is 2.32.